The molecule has 0 radical (unpaired) electrons. The van der Waals surface area contributed by atoms with Crippen LogP contribution in [0.25, 0.3) is 0 Å². The van der Waals surface area contributed by atoms with Crippen molar-refractivity contribution in [2.24, 2.45) is 0 Å². The van der Waals surface area contributed by atoms with Gasteiger partial charge < -0.3 is 21.5 Å². The monoisotopic (exact) mass is 239 g/mol. The average Bonchev–Trinajstić information content (AvgIpc) is 2.22. The minimum atomic E-state index is -1.08. The van der Waals surface area contributed by atoms with E-state index in [9.17, 15) is 4.79 Å². The Morgan fingerprint density at radius 3 is 2.47 bits per heavy atom. The zero-order chi connectivity index (χ0) is 13.2. The number of nitrogens with two attached hydrogens (primary N) is 2. The number of hydrogen-bond acceptors (Lipinski definition) is 5. The first-order valence-electron chi connectivity index (χ1n) is 5.12. The van der Waals surface area contributed by atoms with Gasteiger partial charge in [0.05, 0.1) is 11.4 Å². The summed E-state index contributed by atoms with van der Waals surface area (Å²) in [5.41, 5.74) is 12.4. The predicted molar refractivity (Wildman–Crippen MR) is 68.4 cm³/mol. The second-order valence-corrected chi connectivity index (χ2v) is 3.72. The van der Waals surface area contributed by atoms with Gasteiger partial charge in [-0.05, 0) is 6.92 Å². The van der Waals surface area contributed by atoms with Gasteiger partial charge in [0.2, 0.25) is 0 Å². The van der Waals surface area contributed by atoms with Gasteiger partial charge in [-0.2, -0.15) is 0 Å². The van der Waals surface area contributed by atoms with Crippen molar-refractivity contribution < 1.29 is 9.90 Å². The van der Waals surface area contributed by atoms with Crippen molar-refractivity contribution in [2.75, 3.05) is 41.9 Å². The highest BCUT2D eigenvalue weighted by Gasteiger charge is 2.17. The van der Waals surface area contributed by atoms with E-state index < -0.39 is 6.09 Å². The molecule has 0 atom stereocenters. The van der Waals surface area contributed by atoms with Crippen molar-refractivity contribution in [1.82, 2.24) is 4.98 Å². The van der Waals surface area contributed by atoms with E-state index in [2.05, 4.69) is 4.98 Å². The Labute approximate surface area is 99.6 Å². The summed E-state index contributed by atoms with van der Waals surface area (Å²) in [6.07, 6.45) is -1.08. The molecule has 17 heavy (non-hydrogen) atoms. The van der Waals surface area contributed by atoms with Gasteiger partial charge in [-0.1, -0.05) is 0 Å². The molecule has 0 saturated carbocycles. The van der Waals surface area contributed by atoms with Crippen LogP contribution in [0.3, 0.4) is 0 Å². The molecule has 0 spiro atoms. The molecule has 1 heterocycles. The largest absolute Gasteiger partial charge is 0.465 e. The van der Waals surface area contributed by atoms with Gasteiger partial charge in [0, 0.05) is 26.7 Å². The highest BCUT2D eigenvalue weighted by molar-refractivity contribution is 5.88. The van der Waals surface area contributed by atoms with E-state index in [4.69, 9.17) is 16.6 Å². The summed E-state index contributed by atoms with van der Waals surface area (Å²) in [6, 6.07) is 1.60. The Morgan fingerprint density at radius 1 is 1.47 bits per heavy atom. The number of nitrogen functional groups attached to an aromatic ring is 2. The highest BCUT2D eigenvalue weighted by atomic mass is 16.4. The van der Waals surface area contributed by atoms with Crippen molar-refractivity contribution in [3.05, 3.63) is 6.07 Å². The number of nitrogens with zero attached hydrogens (tertiary/aromatic N) is 3. The fourth-order valence-corrected chi connectivity index (χ4v) is 1.45. The lowest BCUT2D eigenvalue weighted by atomic mass is 10.3. The molecule has 0 unspecified atom stereocenters. The third-order valence-electron chi connectivity index (χ3n) is 2.36. The van der Waals surface area contributed by atoms with Crippen LogP contribution in [0.4, 0.5) is 27.8 Å². The fraction of sp³-hybridized carbons (Fsp3) is 0.400. The molecule has 0 aromatic carbocycles. The standard InChI is InChI=1S/C10H17N5O2/c1-4-15(10(16)17)7-5-6(14(2)3)8(11)9(12)13-7/h5H,4,11H2,1-3H3,(H2,12,13)(H,16,17). The number of carbonyl (C=O) groups is 1. The van der Waals surface area contributed by atoms with Crippen LogP contribution < -0.4 is 21.3 Å². The van der Waals surface area contributed by atoms with E-state index in [-0.39, 0.29) is 11.6 Å². The SMILES string of the molecule is CCN(C(=O)O)c1cc(N(C)C)c(N)c(N)n1. The Balaban J connectivity index is 3.31. The van der Waals surface area contributed by atoms with Gasteiger partial charge >= 0.3 is 6.09 Å². The lowest BCUT2D eigenvalue weighted by Gasteiger charge is -2.21. The van der Waals surface area contributed by atoms with Crippen LogP contribution in [0.15, 0.2) is 6.07 Å². The number of anilines is 4. The number of amides is 1. The first kappa shape index (κ1) is 12.9. The minimum absolute atomic E-state index is 0.130. The molecular weight excluding hydrogens is 222 g/mol. The number of pyridine rings is 1. The minimum Gasteiger partial charge on any atom is -0.465 e. The molecule has 7 heteroatoms. The van der Waals surface area contributed by atoms with Crippen LogP contribution in [0.1, 0.15) is 6.92 Å². The zero-order valence-electron chi connectivity index (χ0n) is 10.1. The van der Waals surface area contributed by atoms with E-state index in [1.165, 1.54) is 0 Å². The maximum Gasteiger partial charge on any atom is 0.413 e. The summed E-state index contributed by atoms with van der Waals surface area (Å²) in [4.78, 5) is 17.8. The van der Waals surface area contributed by atoms with E-state index >= 15 is 0 Å². The van der Waals surface area contributed by atoms with Crippen molar-refractivity contribution in [2.45, 2.75) is 6.92 Å². The highest BCUT2D eigenvalue weighted by Crippen LogP contribution is 2.30. The van der Waals surface area contributed by atoms with E-state index in [0.29, 0.717) is 17.9 Å². The number of hydrogen-bond donors (Lipinski definition) is 3. The Hall–Kier alpha value is -2.18. The summed E-state index contributed by atoms with van der Waals surface area (Å²) in [5, 5.41) is 9.02. The molecule has 0 fully saturated rings. The van der Waals surface area contributed by atoms with Crippen molar-refractivity contribution >= 4 is 29.1 Å². The summed E-state index contributed by atoms with van der Waals surface area (Å²) in [6.45, 7) is 2.01. The molecule has 7 nitrogen and oxygen atoms in total. The van der Waals surface area contributed by atoms with Gasteiger partial charge in [0.25, 0.3) is 0 Å². The molecule has 0 bridgehead atoms. The fourth-order valence-electron chi connectivity index (χ4n) is 1.45. The van der Waals surface area contributed by atoms with Crippen LogP contribution in [0, 0.1) is 0 Å². The van der Waals surface area contributed by atoms with Crippen molar-refractivity contribution in [3.8, 4) is 0 Å². The van der Waals surface area contributed by atoms with Gasteiger partial charge in [0.1, 0.15) is 5.82 Å². The van der Waals surface area contributed by atoms with Crippen LogP contribution in [0.2, 0.25) is 0 Å². The van der Waals surface area contributed by atoms with Crippen molar-refractivity contribution in [1.29, 1.82) is 0 Å². The quantitative estimate of drug-likeness (QED) is 0.720. The molecule has 5 N–H and O–H groups in total. The van der Waals surface area contributed by atoms with E-state index in [0.717, 1.165) is 4.90 Å². The second-order valence-electron chi connectivity index (χ2n) is 3.72. The summed E-state index contributed by atoms with van der Waals surface area (Å²) >= 11 is 0. The Morgan fingerprint density at radius 2 is 2.06 bits per heavy atom. The summed E-state index contributed by atoms with van der Waals surface area (Å²) in [7, 11) is 3.60. The van der Waals surface area contributed by atoms with Gasteiger partial charge in [-0.3, -0.25) is 4.90 Å². The molecule has 1 aromatic heterocycles. The van der Waals surface area contributed by atoms with Crippen LogP contribution in [0.5, 0.6) is 0 Å². The van der Waals surface area contributed by atoms with E-state index in [1.807, 2.05) is 0 Å². The lowest BCUT2D eigenvalue weighted by molar-refractivity contribution is 0.202. The first-order valence-corrected chi connectivity index (χ1v) is 5.12. The lowest BCUT2D eigenvalue weighted by Crippen LogP contribution is -2.30. The van der Waals surface area contributed by atoms with E-state index in [1.54, 1.807) is 32.0 Å². The zero-order valence-corrected chi connectivity index (χ0v) is 10.1. The third-order valence-corrected chi connectivity index (χ3v) is 2.36. The predicted octanol–water partition coefficient (Wildman–Crippen LogP) is 0.816. The number of aromatic nitrogens is 1. The Kier molecular flexibility index (Phi) is 3.62. The molecule has 0 aliphatic rings. The topological polar surface area (TPSA) is 109 Å². The molecular formula is C10H17N5O2. The summed E-state index contributed by atoms with van der Waals surface area (Å²) < 4.78 is 0. The van der Waals surface area contributed by atoms with Crippen molar-refractivity contribution in [3.63, 3.8) is 0 Å². The molecule has 0 aliphatic carbocycles. The first-order chi connectivity index (χ1) is 7.88. The molecule has 1 rings (SSSR count). The maximum absolute atomic E-state index is 11.0. The average molecular weight is 239 g/mol. The molecule has 0 saturated heterocycles. The maximum atomic E-state index is 11.0. The molecule has 94 valence electrons. The molecule has 1 aromatic rings. The third kappa shape index (κ3) is 2.49. The summed E-state index contributed by atoms with van der Waals surface area (Å²) in [5.74, 6) is 0.404. The smallest absolute Gasteiger partial charge is 0.413 e. The second kappa shape index (κ2) is 4.77. The number of rotatable bonds is 3. The van der Waals surface area contributed by atoms with Gasteiger partial charge in [0.15, 0.2) is 5.82 Å². The molecule has 1 amide bonds. The number of carboxylic acid groups (broad SMARTS) is 1. The van der Waals surface area contributed by atoms with Gasteiger partial charge in [-0.25, -0.2) is 9.78 Å². The Bertz CT molecular complexity index is 433. The van der Waals surface area contributed by atoms with Gasteiger partial charge in [-0.15, -0.1) is 0 Å². The van der Waals surface area contributed by atoms with Crippen LogP contribution in [-0.2, 0) is 0 Å². The van der Waals surface area contributed by atoms with Crippen LogP contribution in [-0.4, -0.2) is 36.8 Å². The normalized spacial score (nSPS) is 10.1. The van der Waals surface area contributed by atoms with Crippen LogP contribution >= 0.6 is 0 Å². The molecule has 0 aliphatic heterocycles.